The standard InChI is InChI=1S/C26H34O2/c1-3-5-7-21-10-18-25(19-11-21)28-26(27)24-16-14-23(15-17-24)22-12-8-20(6-4-2)9-13-22/h10-11,14-20,22H,3-9,12-13H2,1-2H3. The van der Waals surface area contributed by atoms with Crippen molar-refractivity contribution in [2.75, 3.05) is 0 Å². The summed E-state index contributed by atoms with van der Waals surface area (Å²) in [6, 6.07) is 16.0. The van der Waals surface area contributed by atoms with E-state index in [1.165, 1.54) is 62.5 Å². The van der Waals surface area contributed by atoms with Crippen LogP contribution < -0.4 is 4.74 Å². The Morgan fingerprint density at radius 2 is 1.57 bits per heavy atom. The zero-order chi connectivity index (χ0) is 19.8. The smallest absolute Gasteiger partial charge is 0.343 e. The van der Waals surface area contributed by atoms with E-state index in [-0.39, 0.29) is 5.97 Å². The monoisotopic (exact) mass is 378 g/mol. The van der Waals surface area contributed by atoms with E-state index in [0.29, 0.717) is 17.2 Å². The third kappa shape index (κ3) is 5.70. The first-order valence-electron chi connectivity index (χ1n) is 11.1. The van der Waals surface area contributed by atoms with Crippen molar-refractivity contribution in [2.24, 2.45) is 5.92 Å². The minimum absolute atomic E-state index is 0.278. The molecule has 0 bridgehead atoms. The van der Waals surface area contributed by atoms with Crippen molar-refractivity contribution in [1.29, 1.82) is 0 Å². The summed E-state index contributed by atoms with van der Waals surface area (Å²) in [5.41, 5.74) is 3.28. The number of unbranched alkanes of at least 4 members (excludes halogenated alkanes) is 1. The molecule has 0 amide bonds. The maximum Gasteiger partial charge on any atom is 0.343 e. The van der Waals surface area contributed by atoms with Crippen molar-refractivity contribution in [3.63, 3.8) is 0 Å². The van der Waals surface area contributed by atoms with E-state index in [1.54, 1.807) is 0 Å². The number of carbonyl (C=O) groups excluding carboxylic acids is 1. The van der Waals surface area contributed by atoms with E-state index in [4.69, 9.17) is 4.74 Å². The highest BCUT2D eigenvalue weighted by Crippen LogP contribution is 2.37. The number of hydrogen-bond acceptors (Lipinski definition) is 2. The second kappa shape index (κ2) is 10.5. The summed E-state index contributed by atoms with van der Waals surface area (Å²) in [5.74, 6) is 1.90. The maximum atomic E-state index is 12.5. The fourth-order valence-electron chi connectivity index (χ4n) is 4.36. The predicted octanol–water partition coefficient (Wildman–Crippen LogP) is 7.32. The van der Waals surface area contributed by atoms with Crippen LogP contribution in [-0.2, 0) is 6.42 Å². The molecule has 1 fully saturated rings. The molecule has 0 N–H and O–H groups in total. The summed E-state index contributed by atoms with van der Waals surface area (Å²) in [7, 11) is 0. The Kier molecular flexibility index (Phi) is 7.71. The molecule has 1 aliphatic carbocycles. The Labute approximate surface area is 170 Å². The van der Waals surface area contributed by atoms with E-state index in [0.717, 1.165) is 12.3 Å². The fraction of sp³-hybridized carbons (Fsp3) is 0.500. The van der Waals surface area contributed by atoms with Crippen molar-refractivity contribution in [3.8, 4) is 5.75 Å². The molecule has 3 rings (SSSR count). The Hall–Kier alpha value is -2.09. The number of ether oxygens (including phenoxy) is 1. The summed E-state index contributed by atoms with van der Waals surface area (Å²) >= 11 is 0. The van der Waals surface area contributed by atoms with Crippen LogP contribution in [0, 0.1) is 5.92 Å². The summed E-state index contributed by atoms with van der Waals surface area (Å²) in [5, 5.41) is 0. The van der Waals surface area contributed by atoms with Crippen LogP contribution in [0.4, 0.5) is 0 Å². The largest absolute Gasteiger partial charge is 0.423 e. The molecule has 2 heteroatoms. The van der Waals surface area contributed by atoms with Crippen LogP contribution in [0.5, 0.6) is 5.75 Å². The van der Waals surface area contributed by atoms with Gasteiger partial charge in [-0.05, 0) is 85.8 Å². The highest BCUT2D eigenvalue weighted by atomic mass is 16.5. The van der Waals surface area contributed by atoms with E-state index < -0.39 is 0 Å². The van der Waals surface area contributed by atoms with Gasteiger partial charge in [0, 0.05) is 0 Å². The summed E-state index contributed by atoms with van der Waals surface area (Å²) in [6.07, 6.45) is 11.4. The SMILES string of the molecule is CCCCc1ccc(OC(=O)c2ccc(C3CCC(CCC)CC3)cc2)cc1. The van der Waals surface area contributed by atoms with Crippen LogP contribution in [0.25, 0.3) is 0 Å². The molecular weight excluding hydrogens is 344 g/mol. The van der Waals surface area contributed by atoms with Crippen molar-refractivity contribution in [2.45, 2.75) is 77.6 Å². The Bertz CT molecular complexity index is 722. The van der Waals surface area contributed by atoms with Gasteiger partial charge in [0.15, 0.2) is 0 Å². The Balaban J connectivity index is 1.54. The van der Waals surface area contributed by atoms with E-state index >= 15 is 0 Å². The molecule has 0 unspecified atom stereocenters. The molecular formula is C26H34O2. The van der Waals surface area contributed by atoms with Crippen molar-refractivity contribution >= 4 is 5.97 Å². The number of rotatable bonds is 8. The van der Waals surface area contributed by atoms with Gasteiger partial charge in [-0.2, -0.15) is 0 Å². The van der Waals surface area contributed by atoms with Gasteiger partial charge in [0.25, 0.3) is 0 Å². The molecule has 0 aliphatic heterocycles. The minimum Gasteiger partial charge on any atom is -0.423 e. The number of hydrogen-bond donors (Lipinski definition) is 0. The molecule has 0 atom stereocenters. The highest BCUT2D eigenvalue weighted by molar-refractivity contribution is 5.91. The quantitative estimate of drug-likeness (QED) is 0.355. The Morgan fingerprint density at radius 3 is 2.18 bits per heavy atom. The van der Waals surface area contributed by atoms with Gasteiger partial charge < -0.3 is 4.74 Å². The van der Waals surface area contributed by atoms with Crippen LogP contribution >= 0.6 is 0 Å². The lowest BCUT2D eigenvalue weighted by Crippen LogP contribution is -2.13. The normalized spacial score (nSPS) is 19.4. The van der Waals surface area contributed by atoms with Crippen molar-refractivity contribution < 1.29 is 9.53 Å². The lowest BCUT2D eigenvalue weighted by atomic mass is 9.77. The molecule has 1 aliphatic rings. The van der Waals surface area contributed by atoms with Gasteiger partial charge in [-0.15, -0.1) is 0 Å². The number of benzene rings is 2. The topological polar surface area (TPSA) is 26.3 Å². The van der Waals surface area contributed by atoms with Gasteiger partial charge in [-0.3, -0.25) is 0 Å². The third-order valence-corrected chi connectivity index (χ3v) is 6.11. The van der Waals surface area contributed by atoms with E-state index in [2.05, 4.69) is 38.1 Å². The van der Waals surface area contributed by atoms with Gasteiger partial charge in [0.05, 0.1) is 5.56 Å². The van der Waals surface area contributed by atoms with Gasteiger partial charge in [-0.25, -0.2) is 4.79 Å². The highest BCUT2D eigenvalue weighted by Gasteiger charge is 2.22. The molecule has 2 aromatic carbocycles. The third-order valence-electron chi connectivity index (χ3n) is 6.11. The zero-order valence-corrected chi connectivity index (χ0v) is 17.5. The molecule has 150 valence electrons. The van der Waals surface area contributed by atoms with Crippen LogP contribution in [0.2, 0.25) is 0 Å². The fourth-order valence-corrected chi connectivity index (χ4v) is 4.36. The molecule has 0 saturated heterocycles. The van der Waals surface area contributed by atoms with E-state index in [1.807, 2.05) is 24.3 Å². The molecule has 28 heavy (non-hydrogen) atoms. The average molecular weight is 379 g/mol. The van der Waals surface area contributed by atoms with Gasteiger partial charge >= 0.3 is 5.97 Å². The van der Waals surface area contributed by atoms with Crippen molar-refractivity contribution in [1.82, 2.24) is 0 Å². The first kappa shape index (κ1) is 20.6. The minimum atomic E-state index is -0.278. The molecule has 0 aromatic heterocycles. The predicted molar refractivity (Wildman–Crippen MR) is 116 cm³/mol. The van der Waals surface area contributed by atoms with Crippen molar-refractivity contribution in [3.05, 3.63) is 65.2 Å². The summed E-state index contributed by atoms with van der Waals surface area (Å²) in [4.78, 5) is 12.5. The number of carbonyl (C=O) groups is 1. The summed E-state index contributed by atoms with van der Waals surface area (Å²) in [6.45, 7) is 4.48. The zero-order valence-electron chi connectivity index (χ0n) is 17.5. The lowest BCUT2D eigenvalue weighted by Gasteiger charge is -2.28. The average Bonchev–Trinajstić information content (AvgIpc) is 2.74. The maximum absolute atomic E-state index is 12.5. The number of esters is 1. The molecule has 2 nitrogen and oxygen atoms in total. The van der Waals surface area contributed by atoms with E-state index in [9.17, 15) is 4.79 Å². The first-order valence-corrected chi connectivity index (χ1v) is 11.1. The number of aryl methyl sites for hydroxylation is 1. The van der Waals surface area contributed by atoms with Crippen LogP contribution in [0.1, 0.15) is 92.6 Å². The van der Waals surface area contributed by atoms with Crippen LogP contribution in [-0.4, -0.2) is 5.97 Å². The molecule has 0 radical (unpaired) electrons. The second-order valence-electron chi connectivity index (χ2n) is 8.27. The van der Waals surface area contributed by atoms with Crippen LogP contribution in [0.15, 0.2) is 48.5 Å². The Morgan fingerprint density at radius 1 is 0.893 bits per heavy atom. The van der Waals surface area contributed by atoms with Gasteiger partial charge in [-0.1, -0.05) is 57.4 Å². The van der Waals surface area contributed by atoms with Crippen LogP contribution in [0.3, 0.4) is 0 Å². The molecule has 0 spiro atoms. The van der Waals surface area contributed by atoms with Gasteiger partial charge in [0.2, 0.25) is 0 Å². The lowest BCUT2D eigenvalue weighted by molar-refractivity contribution is 0.0734. The molecule has 2 aromatic rings. The van der Waals surface area contributed by atoms with Gasteiger partial charge in [0.1, 0.15) is 5.75 Å². The molecule has 0 heterocycles. The summed E-state index contributed by atoms with van der Waals surface area (Å²) < 4.78 is 5.55. The molecule has 1 saturated carbocycles. The first-order chi connectivity index (χ1) is 13.7. The second-order valence-corrected chi connectivity index (χ2v) is 8.27.